The second-order valence-electron chi connectivity index (χ2n) is 3.67. The molecule has 0 saturated carbocycles. The zero-order chi connectivity index (χ0) is 13.8. The third-order valence-electron chi connectivity index (χ3n) is 1.97. The molecule has 1 atom stereocenters. The molecule has 1 N–H and O–H groups in total. The van der Waals surface area contributed by atoms with Crippen molar-refractivity contribution in [3.05, 3.63) is 29.8 Å². The first kappa shape index (κ1) is 14.6. The number of carbonyl (C=O) groups is 1. The predicted octanol–water partition coefficient (Wildman–Crippen LogP) is 0.622. The van der Waals surface area contributed by atoms with Gasteiger partial charge in [-0.25, -0.2) is 0 Å². The molecule has 0 saturated heterocycles. The quantitative estimate of drug-likeness (QED) is 0.481. The van der Waals surface area contributed by atoms with Crippen LogP contribution in [-0.2, 0) is 19.1 Å². The fourth-order valence-corrected chi connectivity index (χ4v) is 1.58. The van der Waals surface area contributed by atoms with E-state index in [1.54, 1.807) is 0 Å². The van der Waals surface area contributed by atoms with Crippen LogP contribution >= 0.6 is 0 Å². The molecule has 0 aliphatic heterocycles. The highest BCUT2D eigenvalue weighted by Crippen LogP contribution is 2.18. The molecule has 0 spiro atoms. The third kappa shape index (κ3) is 5.26. The van der Waals surface area contributed by atoms with Crippen molar-refractivity contribution in [1.29, 1.82) is 0 Å². The van der Waals surface area contributed by atoms with Crippen molar-refractivity contribution in [2.75, 3.05) is 12.9 Å². The normalized spacial score (nSPS) is 13.1. The molecule has 0 radical (unpaired) electrons. The molecule has 0 unspecified atom stereocenters. The van der Waals surface area contributed by atoms with Crippen LogP contribution in [0.5, 0.6) is 5.75 Å². The summed E-state index contributed by atoms with van der Waals surface area (Å²) in [5, 5.41) is 9.66. The molecule has 0 aliphatic carbocycles. The Hall–Kier alpha value is -1.44. The number of benzene rings is 1. The Kier molecular flexibility index (Phi) is 4.83. The Morgan fingerprint density at radius 1 is 1.33 bits per heavy atom. The molecule has 1 aromatic rings. The first-order valence-corrected chi connectivity index (χ1v) is 6.90. The summed E-state index contributed by atoms with van der Waals surface area (Å²) in [5.41, 5.74) is 0.467. The largest absolute Gasteiger partial charge is 0.427 e. The molecule has 0 fully saturated rings. The van der Waals surface area contributed by atoms with Crippen LogP contribution in [0, 0.1) is 0 Å². The standard InChI is InChI=1S/C11H14O6S/c1-8(12)17-10-5-3-9(4-6-10)11(13)7-16-18(2,14)15/h3-6,11,13H,7H2,1-2H3/t11-/m1/s1. The van der Waals surface area contributed by atoms with Gasteiger partial charge in [0.05, 0.1) is 12.9 Å². The van der Waals surface area contributed by atoms with E-state index in [-0.39, 0.29) is 6.61 Å². The number of aliphatic hydroxyl groups is 1. The second kappa shape index (κ2) is 5.94. The zero-order valence-electron chi connectivity index (χ0n) is 9.99. The van der Waals surface area contributed by atoms with E-state index in [2.05, 4.69) is 4.18 Å². The summed E-state index contributed by atoms with van der Waals surface area (Å²) in [6, 6.07) is 6.05. The smallest absolute Gasteiger partial charge is 0.308 e. The van der Waals surface area contributed by atoms with Gasteiger partial charge >= 0.3 is 5.97 Å². The molecule has 0 amide bonds. The summed E-state index contributed by atoms with van der Waals surface area (Å²) >= 11 is 0. The summed E-state index contributed by atoms with van der Waals surface area (Å²) in [7, 11) is -3.58. The molecule has 18 heavy (non-hydrogen) atoms. The Labute approximate surface area is 105 Å². The highest BCUT2D eigenvalue weighted by atomic mass is 32.2. The number of aliphatic hydroxyl groups excluding tert-OH is 1. The number of rotatable bonds is 5. The lowest BCUT2D eigenvalue weighted by Gasteiger charge is -2.10. The van der Waals surface area contributed by atoms with Gasteiger partial charge in [-0.3, -0.25) is 8.98 Å². The first-order chi connectivity index (χ1) is 8.28. The van der Waals surface area contributed by atoms with Crippen molar-refractivity contribution in [3.8, 4) is 5.75 Å². The maximum Gasteiger partial charge on any atom is 0.308 e. The van der Waals surface area contributed by atoms with Crippen LogP contribution in [-0.4, -0.2) is 32.4 Å². The van der Waals surface area contributed by atoms with Gasteiger partial charge in [0.1, 0.15) is 11.9 Å². The zero-order valence-corrected chi connectivity index (χ0v) is 10.8. The number of hydrogen-bond acceptors (Lipinski definition) is 6. The maximum atomic E-state index is 10.8. The summed E-state index contributed by atoms with van der Waals surface area (Å²) in [5.74, 6) is -0.0915. The molecule has 0 aromatic heterocycles. The van der Waals surface area contributed by atoms with E-state index >= 15 is 0 Å². The minimum absolute atomic E-state index is 0.350. The van der Waals surface area contributed by atoms with E-state index in [1.807, 2.05) is 0 Å². The number of carbonyl (C=O) groups excluding carboxylic acids is 1. The van der Waals surface area contributed by atoms with Gasteiger partial charge in [-0.05, 0) is 17.7 Å². The minimum atomic E-state index is -3.58. The lowest BCUT2D eigenvalue weighted by Crippen LogP contribution is -2.11. The average Bonchev–Trinajstić information content (AvgIpc) is 2.25. The Morgan fingerprint density at radius 2 is 1.89 bits per heavy atom. The topological polar surface area (TPSA) is 89.9 Å². The number of hydrogen-bond donors (Lipinski definition) is 1. The van der Waals surface area contributed by atoms with Crippen molar-refractivity contribution in [2.45, 2.75) is 13.0 Å². The van der Waals surface area contributed by atoms with E-state index in [1.165, 1.54) is 31.2 Å². The van der Waals surface area contributed by atoms with Gasteiger partial charge in [0.25, 0.3) is 10.1 Å². The van der Waals surface area contributed by atoms with Crippen LogP contribution in [0.15, 0.2) is 24.3 Å². The van der Waals surface area contributed by atoms with Crippen molar-refractivity contribution >= 4 is 16.1 Å². The van der Waals surface area contributed by atoms with Crippen LogP contribution < -0.4 is 4.74 Å². The van der Waals surface area contributed by atoms with E-state index in [9.17, 15) is 18.3 Å². The molecule has 0 heterocycles. The van der Waals surface area contributed by atoms with Crippen molar-refractivity contribution in [3.63, 3.8) is 0 Å². The van der Waals surface area contributed by atoms with Crippen LogP contribution in [0.3, 0.4) is 0 Å². The number of esters is 1. The summed E-state index contributed by atoms with van der Waals surface area (Å²) in [4.78, 5) is 10.7. The van der Waals surface area contributed by atoms with E-state index in [0.717, 1.165) is 6.26 Å². The van der Waals surface area contributed by atoms with Crippen molar-refractivity contribution < 1.29 is 27.2 Å². The SMILES string of the molecule is CC(=O)Oc1ccc([C@H](O)COS(C)(=O)=O)cc1. The van der Waals surface area contributed by atoms with Crippen LogP contribution in [0.1, 0.15) is 18.6 Å². The van der Waals surface area contributed by atoms with Gasteiger partial charge in [0.15, 0.2) is 0 Å². The van der Waals surface area contributed by atoms with Crippen LogP contribution in [0.4, 0.5) is 0 Å². The van der Waals surface area contributed by atoms with Gasteiger partial charge in [0.2, 0.25) is 0 Å². The average molecular weight is 274 g/mol. The molecule has 7 heteroatoms. The Bertz CT molecular complexity index is 505. The molecular weight excluding hydrogens is 260 g/mol. The molecule has 6 nitrogen and oxygen atoms in total. The maximum absolute atomic E-state index is 10.8. The summed E-state index contributed by atoms with van der Waals surface area (Å²) in [6.45, 7) is 0.925. The van der Waals surface area contributed by atoms with E-state index in [4.69, 9.17) is 4.74 Å². The van der Waals surface area contributed by atoms with E-state index < -0.39 is 22.2 Å². The van der Waals surface area contributed by atoms with Crippen molar-refractivity contribution in [2.24, 2.45) is 0 Å². The van der Waals surface area contributed by atoms with Crippen LogP contribution in [0.2, 0.25) is 0 Å². The molecular formula is C11H14O6S. The van der Waals surface area contributed by atoms with Gasteiger partial charge in [0, 0.05) is 6.92 Å². The number of ether oxygens (including phenoxy) is 1. The molecule has 100 valence electrons. The highest BCUT2D eigenvalue weighted by Gasteiger charge is 2.11. The Morgan fingerprint density at radius 3 is 2.33 bits per heavy atom. The fourth-order valence-electron chi connectivity index (χ4n) is 1.21. The highest BCUT2D eigenvalue weighted by molar-refractivity contribution is 7.85. The summed E-state index contributed by atoms with van der Waals surface area (Å²) in [6.07, 6.45) is -0.158. The minimum Gasteiger partial charge on any atom is -0.427 e. The van der Waals surface area contributed by atoms with Gasteiger partial charge in [-0.15, -0.1) is 0 Å². The monoisotopic (exact) mass is 274 g/mol. The third-order valence-corrected chi connectivity index (χ3v) is 2.53. The van der Waals surface area contributed by atoms with Gasteiger partial charge in [-0.2, -0.15) is 8.42 Å². The van der Waals surface area contributed by atoms with E-state index in [0.29, 0.717) is 11.3 Å². The lowest BCUT2D eigenvalue weighted by molar-refractivity contribution is -0.131. The lowest BCUT2D eigenvalue weighted by atomic mass is 10.1. The van der Waals surface area contributed by atoms with Crippen LogP contribution in [0.25, 0.3) is 0 Å². The predicted molar refractivity (Wildman–Crippen MR) is 63.5 cm³/mol. The fraction of sp³-hybridized carbons (Fsp3) is 0.364. The summed E-state index contributed by atoms with van der Waals surface area (Å²) < 4.78 is 30.8. The first-order valence-electron chi connectivity index (χ1n) is 5.09. The molecule has 0 bridgehead atoms. The molecule has 1 rings (SSSR count). The molecule has 0 aliphatic rings. The second-order valence-corrected chi connectivity index (χ2v) is 5.31. The van der Waals surface area contributed by atoms with Gasteiger partial charge < -0.3 is 9.84 Å². The Balaban J connectivity index is 2.64. The van der Waals surface area contributed by atoms with Gasteiger partial charge in [-0.1, -0.05) is 12.1 Å². The van der Waals surface area contributed by atoms with Crippen molar-refractivity contribution in [1.82, 2.24) is 0 Å². The molecule has 1 aromatic carbocycles.